The molecule has 1 atom stereocenters. The van der Waals surface area contributed by atoms with Gasteiger partial charge in [0.15, 0.2) is 5.82 Å². The van der Waals surface area contributed by atoms with E-state index in [1.807, 2.05) is 31.2 Å². The van der Waals surface area contributed by atoms with Crippen LogP contribution in [-0.2, 0) is 9.59 Å². The lowest BCUT2D eigenvalue weighted by Gasteiger charge is -2.17. The zero-order valence-corrected chi connectivity index (χ0v) is 14.7. The van der Waals surface area contributed by atoms with Crippen LogP contribution in [0.15, 0.2) is 55.1 Å². The minimum Gasteiger partial charge on any atom is -0.312 e. The highest BCUT2D eigenvalue weighted by molar-refractivity contribution is 6.03. The quantitative estimate of drug-likeness (QED) is 0.766. The zero-order valence-electron chi connectivity index (χ0n) is 14.7. The second-order valence-corrected chi connectivity index (χ2v) is 6.44. The van der Waals surface area contributed by atoms with Crippen LogP contribution >= 0.6 is 0 Å². The molecule has 0 radical (unpaired) electrons. The molecule has 1 unspecified atom stereocenters. The number of rotatable bonds is 4. The van der Waals surface area contributed by atoms with E-state index in [1.54, 1.807) is 34.1 Å². The predicted octanol–water partition coefficient (Wildman–Crippen LogP) is 1.96. The second-order valence-electron chi connectivity index (χ2n) is 6.44. The summed E-state index contributed by atoms with van der Waals surface area (Å²) in [5, 5.41) is 6.88. The fraction of sp³-hybridized carbons (Fsp3) is 0.211. The highest BCUT2D eigenvalue weighted by atomic mass is 16.2. The average Bonchev–Trinajstić information content (AvgIpc) is 3.33. The molecule has 2 amide bonds. The fourth-order valence-corrected chi connectivity index (χ4v) is 3.03. The molecular formula is C19H18N6O2. The summed E-state index contributed by atoms with van der Waals surface area (Å²) in [4.78, 5) is 34.8. The van der Waals surface area contributed by atoms with Gasteiger partial charge in [0.05, 0.1) is 5.92 Å². The molecule has 27 heavy (non-hydrogen) atoms. The van der Waals surface area contributed by atoms with Crippen molar-refractivity contribution >= 4 is 23.3 Å². The van der Waals surface area contributed by atoms with Crippen LogP contribution in [0.4, 0.5) is 11.5 Å². The monoisotopic (exact) mass is 362 g/mol. The van der Waals surface area contributed by atoms with E-state index in [9.17, 15) is 9.59 Å². The van der Waals surface area contributed by atoms with E-state index in [2.05, 4.69) is 20.4 Å². The molecule has 8 heteroatoms. The van der Waals surface area contributed by atoms with E-state index < -0.39 is 5.92 Å². The first-order valence-corrected chi connectivity index (χ1v) is 8.60. The van der Waals surface area contributed by atoms with Gasteiger partial charge in [-0.2, -0.15) is 5.10 Å². The zero-order chi connectivity index (χ0) is 18.8. The van der Waals surface area contributed by atoms with Gasteiger partial charge in [-0.05, 0) is 25.1 Å². The number of aromatic nitrogens is 4. The van der Waals surface area contributed by atoms with Crippen molar-refractivity contribution in [3.63, 3.8) is 0 Å². The van der Waals surface area contributed by atoms with Gasteiger partial charge >= 0.3 is 0 Å². The molecule has 4 rings (SSSR count). The number of hydrogen-bond donors (Lipinski definition) is 1. The number of aryl methyl sites for hydroxylation is 1. The Morgan fingerprint density at radius 1 is 1.22 bits per heavy atom. The van der Waals surface area contributed by atoms with Crippen LogP contribution in [0.5, 0.6) is 0 Å². The Balaban J connectivity index is 1.45. The summed E-state index contributed by atoms with van der Waals surface area (Å²) in [6, 6.07) is 11.1. The lowest BCUT2D eigenvalue weighted by atomic mass is 10.1. The molecule has 0 aliphatic carbocycles. The Labute approximate surface area is 155 Å². The highest BCUT2D eigenvalue weighted by Crippen LogP contribution is 2.26. The second kappa shape index (κ2) is 6.99. The largest absolute Gasteiger partial charge is 0.312 e. The van der Waals surface area contributed by atoms with Gasteiger partial charge in [-0.1, -0.05) is 17.7 Å². The van der Waals surface area contributed by atoms with Crippen molar-refractivity contribution in [1.82, 2.24) is 19.7 Å². The summed E-state index contributed by atoms with van der Waals surface area (Å²) < 4.78 is 1.58. The SMILES string of the molecule is Cc1ccc(N2CC(C(=O)Nc3cc(-n4cccn4)ncn3)CC2=O)cc1. The Morgan fingerprint density at radius 2 is 2.04 bits per heavy atom. The molecule has 3 aromatic rings. The van der Waals surface area contributed by atoms with Crippen molar-refractivity contribution in [3.05, 3.63) is 60.7 Å². The first kappa shape index (κ1) is 16.9. The molecule has 0 bridgehead atoms. The third-order valence-electron chi connectivity index (χ3n) is 4.48. The number of carbonyl (C=O) groups excluding carboxylic acids is 2. The van der Waals surface area contributed by atoms with Crippen molar-refractivity contribution in [2.24, 2.45) is 5.92 Å². The third-order valence-corrected chi connectivity index (χ3v) is 4.48. The van der Waals surface area contributed by atoms with E-state index in [4.69, 9.17) is 0 Å². The number of carbonyl (C=O) groups is 2. The van der Waals surface area contributed by atoms with Crippen LogP contribution < -0.4 is 10.2 Å². The van der Waals surface area contributed by atoms with Crippen molar-refractivity contribution in [2.75, 3.05) is 16.8 Å². The highest BCUT2D eigenvalue weighted by Gasteiger charge is 2.35. The van der Waals surface area contributed by atoms with Crippen molar-refractivity contribution in [2.45, 2.75) is 13.3 Å². The van der Waals surface area contributed by atoms with Gasteiger partial charge in [0.2, 0.25) is 11.8 Å². The molecule has 1 saturated heterocycles. The molecular weight excluding hydrogens is 344 g/mol. The van der Waals surface area contributed by atoms with E-state index in [-0.39, 0.29) is 18.2 Å². The van der Waals surface area contributed by atoms with E-state index in [1.165, 1.54) is 6.33 Å². The normalized spacial score (nSPS) is 16.6. The third kappa shape index (κ3) is 3.55. The van der Waals surface area contributed by atoms with Crippen molar-refractivity contribution < 1.29 is 9.59 Å². The fourth-order valence-electron chi connectivity index (χ4n) is 3.03. The lowest BCUT2D eigenvalue weighted by molar-refractivity contribution is -0.122. The molecule has 1 aliphatic rings. The van der Waals surface area contributed by atoms with Crippen LogP contribution in [0.3, 0.4) is 0 Å². The molecule has 1 aromatic carbocycles. The summed E-state index contributed by atoms with van der Waals surface area (Å²) in [5.74, 6) is 0.208. The maximum absolute atomic E-state index is 12.6. The van der Waals surface area contributed by atoms with E-state index >= 15 is 0 Å². The van der Waals surface area contributed by atoms with Crippen molar-refractivity contribution in [3.8, 4) is 5.82 Å². The summed E-state index contributed by atoms with van der Waals surface area (Å²) >= 11 is 0. The van der Waals surface area contributed by atoms with Gasteiger partial charge < -0.3 is 10.2 Å². The molecule has 136 valence electrons. The summed E-state index contributed by atoms with van der Waals surface area (Å²) in [5.41, 5.74) is 1.93. The number of nitrogens with one attached hydrogen (secondary N) is 1. The predicted molar refractivity (Wildman–Crippen MR) is 99.4 cm³/mol. The minimum absolute atomic E-state index is 0.0566. The van der Waals surface area contributed by atoms with Gasteiger partial charge in [-0.15, -0.1) is 0 Å². The Morgan fingerprint density at radius 3 is 2.78 bits per heavy atom. The molecule has 1 fully saturated rings. The van der Waals surface area contributed by atoms with Crippen LogP contribution in [0, 0.1) is 12.8 Å². The maximum Gasteiger partial charge on any atom is 0.230 e. The number of benzene rings is 1. The molecule has 0 saturated carbocycles. The Hall–Kier alpha value is -3.55. The van der Waals surface area contributed by atoms with Gasteiger partial charge in [-0.3, -0.25) is 9.59 Å². The summed E-state index contributed by atoms with van der Waals surface area (Å²) in [6.07, 6.45) is 4.94. The van der Waals surface area contributed by atoms with Crippen LogP contribution in [0.2, 0.25) is 0 Å². The van der Waals surface area contributed by atoms with Crippen LogP contribution in [0.25, 0.3) is 5.82 Å². The number of anilines is 2. The first-order chi connectivity index (χ1) is 13.1. The topological polar surface area (TPSA) is 93.0 Å². The number of nitrogens with zero attached hydrogens (tertiary/aromatic N) is 5. The smallest absolute Gasteiger partial charge is 0.230 e. The maximum atomic E-state index is 12.6. The van der Waals surface area contributed by atoms with Crippen LogP contribution in [-0.4, -0.2) is 38.1 Å². The molecule has 0 spiro atoms. The molecule has 8 nitrogen and oxygen atoms in total. The summed E-state index contributed by atoms with van der Waals surface area (Å²) in [6.45, 7) is 2.34. The van der Waals surface area contributed by atoms with Gasteiger partial charge in [0, 0.05) is 37.1 Å². The first-order valence-electron chi connectivity index (χ1n) is 8.60. The van der Waals surface area contributed by atoms with Crippen LogP contribution in [0.1, 0.15) is 12.0 Å². The lowest BCUT2D eigenvalue weighted by Crippen LogP contribution is -2.28. The van der Waals surface area contributed by atoms with E-state index in [0.29, 0.717) is 18.2 Å². The average molecular weight is 362 g/mol. The summed E-state index contributed by atoms with van der Waals surface area (Å²) in [7, 11) is 0. The van der Waals surface area contributed by atoms with Gasteiger partial charge in [0.25, 0.3) is 0 Å². The molecule has 3 heterocycles. The van der Waals surface area contributed by atoms with Crippen molar-refractivity contribution in [1.29, 1.82) is 0 Å². The molecule has 2 aromatic heterocycles. The van der Waals surface area contributed by atoms with E-state index in [0.717, 1.165) is 11.3 Å². The molecule has 1 aliphatic heterocycles. The minimum atomic E-state index is -0.429. The Kier molecular flexibility index (Phi) is 4.37. The number of hydrogen-bond acceptors (Lipinski definition) is 5. The standard InChI is InChI=1S/C19H18N6O2/c1-13-3-5-15(6-4-13)24-11-14(9-18(24)26)19(27)23-16-10-17(21-12-20-16)25-8-2-7-22-25/h2-8,10,12,14H,9,11H2,1H3,(H,20,21,23,27). The van der Waals surface area contributed by atoms with Gasteiger partial charge in [0.1, 0.15) is 12.1 Å². The Bertz CT molecular complexity index is 968. The van der Waals surface area contributed by atoms with Gasteiger partial charge in [-0.25, -0.2) is 14.6 Å². The number of amides is 2. The molecule has 1 N–H and O–H groups in total.